The van der Waals surface area contributed by atoms with Gasteiger partial charge in [0.25, 0.3) is 0 Å². The molecule has 2 rings (SSSR count). The van der Waals surface area contributed by atoms with Crippen molar-refractivity contribution in [1.29, 1.82) is 5.26 Å². The van der Waals surface area contributed by atoms with Crippen LogP contribution in [-0.4, -0.2) is 26.6 Å². The van der Waals surface area contributed by atoms with E-state index in [4.69, 9.17) is 25.8 Å². The molecule has 0 saturated carbocycles. The Labute approximate surface area is 157 Å². The standard InChI is InChI=1S/C20H18ClNO4/c1-4-26-18-10-13(9-17(21)20(18)25-3)8-15(12-22)19(23)14-6-5-7-16(11-14)24-2/h5-11H,4H2,1-3H3/b15-8+. The number of nitriles is 1. The zero-order chi connectivity index (χ0) is 19.1. The van der Waals surface area contributed by atoms with E-state index in [0.717, 1.165) is 0 Å². The summed E-state index contributed by atoms with van der Waals surface area (Å²) in [7, 11) is 3.01. The molecule has 0 atom stereocenters. The van der Waals surface area contributed by atoms with Crippen LogP contribution < -0.4 is 14.2 Å². The molecule has 0 fully saturated rings. The molecule has 0 heterocycles. The Bertz CT molecular complexity index is 884. The number of benzene rings is 2. The van der Waals surface area contributed by atoms with Gasteiger partial charge in [0.2, 0.25) is 5.78 Å². The number of allylic oxidation sites excluding steroid dienone is 1. The quantitative estimate of drug-likeness (QED) is 0.406. The highest BCUT2D eigenvalue weighted by Gasteiger charge is 2.15. The minimum absolute atomic E-state index is 0.0260. The molecule has 0 aromatic heterocycles. The topological polar surface area (TPSA) is 68.5 Å². The zero-order valence-electron chi connectivity index (χ0n) is 14.7. The molecule has 5 nitrogen and oxygen atoms in total. The fourth-order valence-corrected chi connectivity index (χ4v) is 2.66. The lowest BCUT2D eigenvalue weighted by Gasteiger charge is -2.12. The second-order valence-electron chi connectivity index (χ2n) is 5.20. The number of methoxy groups -OCH3 is 2. The molecule has 2 aromatic rings. The summed E-state index contributed by atoms with van der Waals surface area (Å²) in [5.41, 5.74) is 0.899. The normalized spacial score (nSPS) is 10.8. The molecule has 0 N–H and O–H groups in total. The van der Waals surface area contributed by atoms with E-state index >= 15 is 0 Å². The van der Waals surface area contributed by atoms with Crippen molar-refractivity contribution < 1.29 is 19.0 Å². The second kappa shape index (κ2) is 8.93. The lowest BCUT2D eigenvalue weighted by Crippen LogP contribution is -2.02. The van der Waals surface area contributed by atoms with E-state index in [9.17, 15) is 10.1 Å². The van der Waals surface area contributed by atoms with Crippen LogP contribution in [0.15, 0.2) is 42.0 Å². The fourth-order valence-electron chi connectivity index (χ4n) is 2.37. The third-order valence-corrected chi connectivity index (χ3v) is 3.82. The van der Waals surface area contributed by atoms with Crippen LogP contribution in [0.1, 0.15) is 22.8 Å². The number of Topliss-reactive ketones (excluding diaryl/α,β-unsaturated/α-hetero) is 1. The molecule has 0 aliphatic heterocycles. The number of halogens is 1. The monoisotopic (exact) mass is 371 g/mol. The number of hydrogen-bond acceptors (Lipinski definition) is 5. The molecule has 0 radical (unpaired) electrons. The summed E-state index contributed by atoms with van der Waals surface area (Å²) in [4.78, 5) is 12.6. The summed E-state index contributed by atoms with van der Waals surface area (Å²) in [5, 5.41) is 9.76. The molecule has 0 spiro atoms. The first-order valence-corrected chi connectivity index (χ1v) is 8.22. The summed E-state index contributed by atoms with van der Waals surface area (Å²) >= 11 is 6.21. The van der Waals surface area contributed by atoms with Crippen molar-refractivity contribution in [2.75, 3.05) is 20.8 Å². The molecule has 0 amide bonds. The zero-order valence-corrected chi connectivity index (χ0v) is 15.5. The van der Waals surface area contributed by atoms with Gasteiger partial charge in [-0.05, 0) is 42.8 Å². The number of ether oxygens (including phenoxy) is 3. The van der Waals surface area contributed by atoms with E-state index in [0.29, 0.717) is 40.0 Å². The van der Waals surface area contributed by atoms with Gasteiger partial charge in [-0.25, -0.2) is 0 Å². The summed E-state index contributed by atoms with van der Waals surface area (Å²) in [6.07, 6.45) is 1.47. The van der Waals surface area contributed by atoms with Gasteiger partial charge in [-0.3, -0.25) is 4.79 Å². The number of hydrogen-bond donors (Lipinski definition) is 0. The minimum atomic E-state index is -0.406. The number of nitrogens with zero attached hydrogens (tertiary/aromatic N) is 1. The second-order valence-corrected chi connectivity index (χ2v) is 5.61. The lowest BCUT2D eigenvalue weighted by molar-refractivity contribution is 0.103. The molecule has 134 valence electrons. The SMILES string of the molecule is CCOc1cc(/C=C(\C#N)C(=O)c2cccc(OC)c2)cc(Cl)c1OC. The van der Waals surface area contributed by atoms with Crippen LogP contribution >= 0.6 is 11.6 Å². The van der Waals surface area contributed by atoms with Gasteiger partial charge in [-0.15, -0.1) is 0 Å². The Morgan fingerprint density at radius 2 is 2.00 bits per heavy atom. The predicted octanol–water partition coefficient (Wildman–Crippen LogP) is 4.55. The van der Waals surface area contributed by atoms with Crippen molar-refractivity contribution >= 4 is 23.5 Å². The predicted molar refractivity (Wildman–Crippen MR) is 100 cm³/mol. The third kappa shape index (κ3) is 4.35. The lowest BCUT2D eigenvalue weighted by atomic mass is 10.0. The maximum Gasteiger partial charge on any atom is 0.203 e. The first-order chi connectivity index (χ1) is 12.5. The summed E-state index contributed by atoms with van der Waals surface area (Å²) in [5.74, 6) is 0.985. The van der Waals surface area contributed by atoms with Crippen molar-refractivity contribution in [2.45, 2.75) is 6.92 Å². The molecule has 0 aliphatic carbocycles. The Hall–Kier alpha value is -2.97. The van der Waals surface area contributed by atoms with Gasteiger partial charge in [0.05, 0.1) is 25.8 Å². The van der Waals surface area contributed by atoms with Gasteiger partial charge in [-0.1, -0.05) is 23.7 Å². The molecule has 2 aromatic carbocycles. The summed E-state index contributed by atoms with van der Waals surface area (Å²) < 4.78 is 15.9. The van der Waals surface area contributed by atoms with E-state index in [2.05, 4.69) is 0 Å². The Kier molecular flexibility index (Phi) is 6.65. The van der Waals surface area contributed by atoms with Crippen molar-refractivity contribution in [3.8, 4) is 23.3 Å². The largest absolute Gasteiger partial charge is 0.497 e. The van der Waals surface area contributed by atoms with Crippen LogP contribution in [0.3, 0.4) is 0 Å². The molecule has 0 bridgehead atoms. The van der Waals surface area contributed by atoms with E-state index in [1.54, 1.807) is 36.4 Å². The molecule has 0 unspecified atom stereocenters. The van der Waals surface area contributed by atoms with Gasteiger partial charge >= 0.3 is 0 Å². The highest BCUT2D eigenvalue weighted by molar-refractivity contribution is 6.32. The Balaban J connectivity index is 2.45. The molecular weight excluding hydrogens is 354 g/mol. The number of ketones is 1. The maximum atomic E-state index is 12.6. The van der Waals surface area contributed by atoms with Crippen LogP contribution in [0.4, 0.5) is 0 Å². The number of carbonyl (C=O) groups excluding carboxylic acids is 1. The van der Waals surface area contributed by atoms with E-state index in [-0.39, 0.29) is 5.57 Å². The van der Waals surface area contributed by atoms with Gasteiger partial charge in [0, 0.05) is 5.56 Å². The smallest absolute Gasteiger partial charge is 0.203 e. The molecule has 26 heavy (non-hydrogen) atoms. The average molecular weight is 372 g/mol. The van der Waals surface area contributed by atoms with Gasteiger partial charge in [-0.2, -0.15) is 5.26 Å². The molecule has 6 heteroatoms. The molecular formula is C20H18ClNO4. The first kappa shape index (κ1) is 19.4. The summed E-state index contributed by atoms with van der Waals surface area (Å²) in [6, 6.07) is 11.9. The minimum Gasteiger partial charge on any atom is -0.497 e. The van der Waals surface area contributed by atoms with Crippen LogP contribution in [0.25, 0.3) is 6.08 Å². The molecule has 0 aliphatic rings. The third-order valence-electron chi connectivity index (χ3n) is 3.54. The highest BCUT2D eigenvalue weighted by atomic mass is 35.5. The fraction of sp³-hybridized carbons (Fsp3) is 0.200. The Morgan fingerprint density at radius 1 is 1.23 bits per heavy atom. The number of rotatable bonds is 7. The highest BCUT2D eigenvalue weighted by Crippen LogP contribution is 2.37. The van der Waals surface area contributed by atoms with Gasteiger partial charge in [0.1, 0.15) is 17.4 Å². The van der Waals surface area contributed by atoms with E-state index in [1.807, 2.05) is 13.0 Å². The van der Waals surface area contributed by atoms with Gasteiger partial charge in [0.15, 0.2) is 11.5 Å². The molecule has 0 saturated heterocycles. The van der Waals surface area contributed by atoms with Crippen molar-refractivity contribution in [3.63, 3.8) is 0 Å². The summed E-state index contributed by atoms with van der Waals surface area (Å²) in [6.45, 7) is 2.26. The van der Waals surface area contributed by atoms with Crippen LogP contribution in [-0.2, 0) is 0 Å². The van der Waals surface area contributed by atoms with Crippen LogP contribution in [0.5, 0.6) is 17.2 Å². The maximum absolute atomic E-state index is 12.6. The first-order valence-electron chi connectivity index (χ1n) is 7.84. The number of carbonyl (C=O) groups is 1. The Morgan fingerprint density at radius 3 is 2.62 bits per heavy atom. The van der Waals surface area contributed by atoms with Crippen LogP contribution in [0, 0.1) is 11.3 Å². The van der Waals surface area contributed by atoms with Gasteiger partial charge < -0.3 is 14.2 Å². The van der Waals surface area contributed by atoms with Crippen molar-refractivity contribution in [2.24, 2.45) is 0 Å². The van der Waals surface area contributed by atoms with E-state index in [1.165, 1.54) is 20.3 Å². The average Bonchev–Trinajstić information content (AvgIpc) is 2.65. The van der Waals surface area contributed by atoms with Crippen molar-refractivity contribution in [3.05, 3.63) is 58.1 Å². The van der Waals surface area contributed by atoms with Crippen LogP contribution in [0.2, 0.25) is 5.02 Å². The van der Waals surface area contributed by atoms with Crippen molar-refractivity contribution in [1.82, 2.24) is 0 Å². The van der Waals surface area contributed by atoms with E-state index < -0.39 is 5.78 Å².